The van der Waals surface area contributed by atoms with Crippen molar-refractivity contribution >= 4 is 46.7 Å². The van der Waals surface area contributed by atoms with Crippen molar-refractivity contribution in [2.45, 2.75) is 37.3 Å². The molecule has 1 atom stereocenters. The fraction of sp³-hybridized carbons (Fsp3) is 0.333. The molecule has 1 aliphatic rings. The number of thioether (sulfide) groups is 1. The molecular formula is C18H19ClN4O3S. The number of rotatable bonds is 6. The standard InChI is InChI=1S/C18H19ClN4O3S/c1-2-3-7-27-18-22-15-14(17(26)23-18)12(9-13(24)21-15)16(25)20-11-6-4-5-10(19)8-11/h4-6,8,12H,2-3,7,9H2,1H3,(H,20,25)(H2,21,22,23,24,26). The molecule has 0 spiro atoms. The van der Waals surface area contributed by atoms with Gasteiger partial charge in [0.2, 0.25) is 11.8 Å². The van der Waals surface area contributed by atoms with Crippen LogP contribution in [0.25, 0.3) is 0 Å². The quantitative estimate of drug-likeness (QED) is 0.387. The van der Waals surface area contributed by atoms with Crippen molar-refractivity contribution in [3.63, 3.8) is 0 Å². The highest BCUT2D eigenvalue weighted by atomic mass is 35.5. The van der Waals surface area contributed by atoms with Crippen molar-refractivity contribution in [2.24, 2.45) is 0 Å². The summed E-state index contributed by atoms with van der Waals surface area (Å²) in [6.07, 6.45) is 1.90. The summed E-state index contributed by atoms with van der Waals surface area (Å²) in [4.78, 5) is 44.4. The zero-order chi connectivity index (χ0) is 19.4. The van der Waals surface area contributed by atoms with Crippen molar-refractivity contribution in [1.82, 2.24) is 9.97 Å². The van der Waals surface area contributed by atoms with Gasteiger partial charge in [-0.1, -0.05) is 42.8 Å². The average Bonchev–Trinajstić information content (AvgIpc) is 2.61. The van der Waals surface area contributed by atoms with Crippen LogP contribution in [0.15, 0.2) is 34.2 Å². The molecule has 27 heavy (non-hydrogen) atoms. The van der Waals surface area contributed by atoms with Gasteiger partial charge in [-0.25, -0.2) is 4.98 Å². The maximum absolute atomic E-state index is 12.7. The molecule has 7 nitrogen and oxygen atoms in total. The fourth-order valence-electron chi connectivity index (χ4n) is 2.75. The lowest BCUT2D eigenvalue weighted by Gasteiger charge is -2.23. The minimum absolute atomic E-state index is 0.119. The number of carbonyl (C=O) groups is 2. The van der Waals surface area contributed by atoms with Crippen LogP contribution in [0.3, 0.4) is 0 Å². The Balaban J connectivity index is 1.87. The topological polar surface area (TPSA) is 104 Å². The van der Waals surface area contributed by atoms with E-state index in [9.17, 15) is 14.4 Å². The van der Waals surface area contributed by atoms with Crippen LogP contribution < -0.4 is 16.2 Å². The van der Waals surface area contributed by atoms with Crippen LogP contribution in [0.2, 0.25) is 5.02 Å². The Kier molecular flexibility index (Phi) is 6.18. The summed E-state index contributed by atoms with van der Waals surface area (Å²) < 4.78 is 0. The minimum Gasteiger partial charge on any atom is -0.325 e. The predicted octanol–water partition coefficient (Wildman–Crippen LogP) is 3.38. The number of hydrogen-bond donors (Lipinski definition) is 3. The molecule has 0 fully saturated rings. The number of aromatic nitrogens is 2. The Bertz CT molecular complexity index is 931. The zero-order valence-corrected chi connectivity index (χ0v) is 16.2. The molecule has 1 aliphatic heterocycles. The smallest absolute Gasteiger partial charge is 0.257 e. The predicted molar refractivity (Wildman–Crippen MR) is 107 cm³/mol. The molecule has 3 rings (SSSR count). The molecule has 142 valence electrons. The summed E-state index contributed by atoms with van der Waals surface area (Å²) in [6, 6.07) is 6.67. The molecule has 9 heteroatoms. The highest BCUT2D eigenvalue weighted by molar-refractivity contribution is 7.99. The van der Waals surface area contributed by atoms with Gasteiger partial charge in [-0.15, -0.1) is 0 Å². The summed E-state index contributed by atoms with van der Waals surface area (Å²) in [6.45, 7) is 2.08. The van der Waals surface area contributed by atoms with E-state index in [1.165, 1.54) is 11.8 Å². The lowest BCUT2D eigenvalue weighted by Crippen LogP contribution is -2.36. The Hall–Kier alpha value is -2.32. The molecule has 0 aliphatic carbocycles. The fourth-order valence-corrected chi connectivity index (χ4v) is 3.89. The van der Waals surface area contributed by atoms with Crippen LogP contribution in [-0.2, 0) is 9.59 Å². The lowest BCUT2D eigenvalue weighted by atomic mass is 9.92. The second-order valence-corrected chi connectivity index (χ2v) is 7.66. The number of nitrogens with zero attached hydrogens (tertiary/aromatic N) is 1. The molecule has 1 aromatic heterocycles. The third kappa shape index (κ3) is 4.70. The molecule has 0 saturated carbocycles. The van der Waals surface area contributed by atoms with E-state index in [1.807, 2.05) is 0 Å². The Morgan fingerprint density at radius 1 is 1.41 bits per heavy atom. The largest absolute Gasteiger partial charge is 0.325 e. The first-order valence-electron chi connectivity index (χ1n) is 8.61. The van der Waals surface area contributed by atoms with Gasteiger partial charge in [0.15, 0.2) is 5.16 Å². The lowest BCUT2D eigenvalue weighted by molar-refractivity contribution is -0.123. The van der Waals surface area contributed by atoms with Crippen LogP contribution in [0.5, 0.6) is 0 Å². The number of carbonyl (C=O) groups excluding carboxylic acids is 2. The van der Waals surface area contributed by atoms with Crippen LogP contribution in [-0.4, -0.2) is 27.5 Å². The number of halogens is 1. The highest BCUT2D eigenvalue weighted by Crippen LogP contribution is 2.30. The number of anilines is 2. The van der Waals surface area contributed by atoms with Gasteiger partial charge in [-0.3, -0.25) is 14.4 Å². The van der Waals surface area contributed by atoms with Crippen LogP contribution in [0, 0.1) is 0 Å². The summed E-state index contributed by atoms with van der Waals surface area (Å²) in [5, 5.41) is 6.22. The van der Waals surface area contributed by atoms with Gasteiger partial charge >= 0.3 is 0 Å². The number of fused-ring (bicyclic) bond motifs is 1. The summed E-state index contributed by atoms with van der Waals surface area (Å²) in [5.41, 5.74) is 0.260. The number of aromatic amines is 1. The van der Waals surface area contributed by atoms with Crippen LogP contribution in [0.4, 0.5) is 11.5 Å². The second kappa shape index (κ2) is 8.58. The highest BCUT2D eigenvalue weighted by Gasteiger charge is 2.34. The molecule has 2 heterocycles. The zero-order valence-electron chi connectivity index (χ0n) is 14.7. The third-order valence-electron chi connectivity index (χ3n) is 4.07. The van der Waals surface area contributed by atoms with Crippen LogP contribution in [0.1, 0.15) is 37.7 Å². The number of amides is 2. The van der Waals surface area contributed by atoms with E-state index in [1.54, 1.807) is 24.3 Å². The molecule has 2 amide bonds. The van der Waals surface area contributed by atoms with E-state index in [-0.39, 0.29) is 23.7 Å². The Morgan fingerprint density at radius 2 is 2.22 bits per heavy atom. The van der Waals surface area contributed by atoms with E-state index in [4.69, 9.17) is 11.6 Å². The number of unbranched alkanes of at least 4 members (excludes halogenated alkanes) is 1. The maximum Gasteiger partial charge on any atom is 0.257 e. The van der Waals surface area contributed by atoms with E-state index in [0.29, 0.717) is 15.9 Å². The van der Waals surface area contributed by atoms with Crippen molar-refractivity contribution in [3.05, 3.63) is 45.2 Å². The second-order valence-electron chi connectivity index (χ2n) is 6.14. The normalized spacial score (nSPS) is 15.8. The van der Waals surface area contributed by atoms with E-state index in [2.05, 4.69) is 27.5 Å². The first-order valence-corrected chi connectivity index (χ1v) is 9.97. The van der Waals surface area contributed by atoms with Crippen molar-refractivity contribution in [2.75, 3.05) is 16.4 Å². The number of nitrogens with one attached hydrogen (secondary N) is 3. The summed E-state index contributed by atoms with van der Waals surface area (Å²) in [5.74, 6) is -0.757. The number of benzene rings is 1. The van der Waals surface area contributed by atoms with Gasteiger partial charge in [-0.05, 0) is 24.6 Å². The van der Waals surface area contributed by atoms with Crippen molar-refractivity contribution in [1.29, 1.82) is 0 Å². The average molecular weight is 407 g/mol. The number of hydrogen-bond acceptors (Lipinski definition) is 5. The minimum atomic E-state index is -0.918. The molecule has 3 N–H and O–H groups in total. The molecule has 1 aromatic carbocycles. The first kappa shape index (κ1) is 19.4. The van der Waals surface area contributed by atoms with Crippen LogP contribution >= 0.6 is 23.4 Å². The molecule has 0 radical (unpaired) electrons. The van der Waals surface area contributed by atoms with Gasteiger partial charge in [0.1, 0.15) is 5.82 Å². The van der Waals surface area contributed by atoms with E-state index < -0.39 is 17.4 Å². The van der Waals surface area contributed by atoms with E-state index in [0.717, 1.165) is 18.6 Å². The van der Waals surface area contributed by atoms with Gasteiger partial charge in [0.25, 0.3) is 5.56 Å². The van der Waals surface area contributed by atoms with Gasteiger partial charge in [0, 0.05) is 22.9 Å². The SMILES string of the molecule is CCCCSc1nc2c(c(=O)[nH]1)C(C(=O)Nc1cccc(Cl)c1)CC(=O)N2. The van der Waals surface area contributed by atoms with Gasteiger partial charge < -0.3 is 15.6 Å². The molecule has 0 bridgehead atoms. The molecular weight excluding hydrogens is 388 g/mol. The third-order valence-corrected chi connectivity index (χ3v) is 5.27. The summed E-state index contributed by atoms with van der Waals surface area (Å²) >= 11 is 7.34. The molecule has 2 aromatic rings. The Labute approximate surface area is 165 Å². The monoisotopic (exact) mass is 406 g/mol. The van der Waals surface area contributed by atoms with Gasteiger partial charge in [0.05, 0.1) is 11.5 Å². The number of H-pyrrole nitrogens is 1. The first-order chi connectivity index (χ1) is 13.0. The van der Waals surface area contributed by atoms with Crippen molar-refractivity contribution in [3.8, 4) is 0 Å². The maximum atomic E-state index is 12.7. The molecule has 0 saturated heterocycles. The van der Waals surface area contributed by atoms with Crippen molar-refractivity contribution < 1.29 is 9.59 Å². The Morgan fingerprint density at radius 3 is 2.96 bits per heavy atom. The summed E-state index contributed by atoms with van der Waals surface area (Å²) in [7, 11) is 0. The van der Waals surface area contributed by atoms with E-state index >= 15 is 0 Å². The molecule has 1 unspecified atom stereocenters. The van der Waals surface area contributed by atoms with Gasteiger partial charge in [-0.2, -0.15) is 0 Å².